The number of hydrogen-bond acceptors (Lipinski definition) is 11. The molecule has 5 rings (SSSR count). The van der Waals surface area contributed by atoms with E-state index < -0.39 is 24.3 Å². The van der Waals surface area contributed by atoms with Gasteiger partial charge in [-0.05, 0) is 30.3 Å². The van der Waals surface area contributed by atoms with E-state index in [0.717, 1.165) is 13.8 Å². The third-order valence-corrected chi connectivity index (χ3v) is 14.8. The summed E-state index contributed by atoms with van der Waals surface area (Å²) in [7, 11) is 1.19. The first kappa shape index (κ1) is 35.8. The highest BCUT2D eigenvalue weighted by atomic mass is 32.2. The van der Waals surface area contributed by atoms with E-state index in [0.29, 0.717) is 22.7 Å². The minimum atomic E-state index is -4.06. The van der Waals surface area contributed by atoms with Crippen molar-refractivity contribution in [3.8, 4) is 22.8 Å². The highest BCUT2D eigenvalue weighted by Crippen LogP contribution is 2.39. The summed E-state index contributed by atoms with van der Waals surface area (Å²) in [5.41, 5.74) is 2.49. The number of fused-ring (bicyclic) bond motifs is 1. The number of aryl methyl sites for hydroxylation is 1. The van der Waals surface area contributed by atoms with Crippen LogP contribution in [-0.4, -0.2) is 83.0 Å². The fourth-order valence-corrected chi connectivity index (χ4v) is 6.57. The highest BCUT2D eigenvalue weighted by molar-refractivity contribution is 7.87. The van der Waals surface area contributed by atoms with Crippen LogP contribution in [-0.2, 0) is 34.8 Å². The number of rotatable bonds is 12. The molecule has 49 heavy (non-hydrogen) atoms. The normalized spacial score (nSPS) is 12.6. The molecular formula is C32H42FN9O5SSi. The Morgan fingerprint density at radius 2 is 1.73 bits per heavy atom. The molecule has 14 nitrogen and oxygen atoms in total. The van der Waals surface area contributed by atoms with E-state index in [-0.39, 0.29) is 46.9 Å². The van der Waals surface area contributed by atoms with Gasteiger partial charge in [0.2, 0.25) is 0 Å². The lowest BCUT2D eigenvalue weighted by atomic mass is 10.2. The van der Waals surface area contributed by atoms with Gasteiger partial charge in [0.25, 0.3) is 0 Å². The Bertz CT molecular complexity index is 2090. The van der Waals surface area contributed by atoms with Gasteiger partial charge < -0.3 is 18.8 Å². The minimum absolute atomic E-state index is 0.00953. The van der Waals surface area contributed by atoms with E-state index in [1.165, 1.54) is 51.5 Å². The van der Waals surface area contributed by atoms with Gasteiger partial charge in [0.1, 0.15) is 22.9 Å². The number of benzene rings is 1. The molecule has 4 heterocycles. The summed E-state index contributed by atoms with van der Waals surface area (Å²) in [5, 5.41) is 4.14. The van der Waals surface area contributed by atoms with Gasteiger partial charge in [-0.2, -0.15) is 17.8 Å². The Hall–Kier alpha value is -4.45. The molecule has 0 unspecified atom stereocenters. The highest BCUT2D eigenvalue weighted by Gasteiger charge is 2.37. The van der Waals surface area contributed by atoms with Gasteiger partial charge in [0.15, 0.2) is 25.5 Å². The van der Waals surface area contributed by atoms with E-state index in [4.69, 9.17) is 28.9 Å². The van der Waals surface area contributed by atoms with E-state index in [1.807, 2.05) is 0 Å². The minimum Gasteiger partial charge on any atom is -0.497 e. The lowest BCUT2D eigenvalue weighted by Gasteiger charge is -2.35. The predicted octanol–water partition coefficient (Wildman–Crippen LogP) is 5.29. The van der Waals surface area contributed by atoms with Crippen molar-refractivity contribution < 1.29 is 26.7 Å². The van der Waals surface area contributed by atoms with Gasteiger partial charge in [0.05, 0.1) is 56.8 Å². The largest absolute Gasteiger partial charge is 0.497 e. The SMILES string of the molecule is COc1cc(OC)c(F)c(N(Cc2nc(CO[Si](C)(C)C(C)(C)C)cn2S(=O)(=O)N(C)C)c2ccc3ncc(-c4cnn(C)c4)nc3n2)c1. The van der Waals surface area contributed by atoms with Gasteiger partial charge in [-0.15, -0.1) is 0 Å². The number of pyridine rings is 1. The van der Waals surface area contributed by atoms with Crippen LogP contribution in [0.5, 0.6) is 11.5 Å². The number of methoxy groups -OCH3 is 2. The topological polar surface area (TPSA) is 143 Å². The Morgan fingerprint density at radius 3 is 2.35 bits per heavy atom. The molecule has 0 spiro atoms. The average Bonchev–Trinajstić information content (AvgIpc) is 3.68. The lowest BCUT2D eigenvalue weighted by Crippen LogP contribution is -2.40. The number of aromatic nitrogens is 7. The molecule has 0 saturated carbocycles. The monoisotopic (exact) mass is 711 g/mol. The van der Waals surface area contributed by atoms with Crippen LogP contribution in [0.25, 0.3) is 22.4 Å². The maximum atomic E-state index is 16.2. The fourth-order valence-electron chi connectivity index (χ4n) is 4.66. The summed E-state index contributed by atoms with van der Waals surface area (Å²) in [6.07, 6.45) is 6.54. The quantitative estimate of drug-likeness (QED) is 0.156. The van der Waals surface area contributed by atoms with Crippen LogP contribution in [0.4, 0.5) is 15.9 Å². The summed E-state index contributed by atoms with van der Waals surface area (Å²) in [6, 6.07) is 6.27. The number of anilines is 2. The molecular weight excluding hydrogens is 670 g/mol. The molecule has 0 saturated heterocycles. The first-order valence-electron chi connectivity index (χ1n) is 15.4. The Kier molecular flexibility index (Phi) is 9.84. The molecule has 0 aliphatic rings. The summed E-state index contributed by atoms with van der Waals surface area (Å²) in [5.74, 6) is -0.136. The van der Waals surface area contributed by atoms with E-state index >= 15 is 4.39 Å². The van der Waals surface area contributed by atoms with Crippen LogP contribution in [0.15, 0.2) is 49.1 Å². The summed E-state index contributed by atoms with van der Waals surface area (Å²) in [4.78, 5) is 20.2. The first-order chi connectivity index (χ1) is 22.9. The zero-order valence-corrected chi connectivity index (χ0v) is 31.2. The zero-order valence-electron chi connectivity index (χ0n) is 29.4. The molecule has 0 aliphatic carbocycles. The number of halogens is 1. The fraction of sp³-hybridized carbons (Fsp3) is 0.406. The van der Waals surface area contributed by atoms with Crippen molar-refractivity contribution in [3.63, 3.8) is 0 Å². The van der Waals surface area contributed by atoms with Gasteiger partial charge in [0, 0.05) is 51.2 Å². The van der Waals surface area contributed by atoms with Gasteiger partial charge in [-0.25, -0.2) is 23.3 Å². The Balaban J connectivity index is 1.68. The van der Waals surface area contributed by atoms with Crippen LogP contribution in [0.3, 0.4) is 0 Å². The molecule has 0 atom stereocenters. The number of ether oxygens (including phenoxy) is 2. The van der Waals surface area contributed by atoms with Crippen molar-refractivity contribution >= 4 is 41.2 Å². The molecule has 1 aromatic carbocycles. The van der Waals surface area contributed by atoms with Crippen molar-refractivity contribution in [3.05, 3.63) is 66.4 Å². The number of nitrogens with zero attached hydrogens (tertiary/aromatic N) is 9. The summed E-state index contributed by atoms with van der Waals surface area (Å²) < 4.78 is 64.5. The van der Waals surface area contributed by atoms with Crippen molar-refractivity contribution in [1.29, 1.82) is 0 Å². The molecule has 0 fully saturated rings. The first-order valence-corrected chi connectivity index (χ1v) is 19.7. The van der Waals surface area contributed by atoms with E-state index in [9.17, 15) is 8.42 Å². The van der Waals surface area contributed by atoms with Crippen LogP contribution in [0.1, 0.15) is 32.3 Å². The van der Waals surface area contributed by atoms with Crippen LogP contribution >= 0.6 is 0 Å². The molecule has 5 aromatic rings. The molecule has 17 heteroatoms. The lowest BCUT2D eigenvalue weighted by molar-refractivity contribution is 0.272. The number of imidazole rings is 1. The summed E-state index contributed by atoms with van der Waals surface area (Å²) in [6.45, 7) is 10.4. The zero-order chi connectivity index (χ0) is 35.9. The predicted molar refractivity (Wildman–Crippen MR) is 187 cm³/mol. The van der Waals surface area contributed by atoms with Crippen LogP contribution < -0.4 is 14.4 Å². The van der Waals surface area contributed by atoms with E-state index in [2.05, 4.69) is 43.9 Å². The van der Waals surface area contributed by atoms with Crippen molar-refractivity contribution in [1.82, 2.24) is 38.0 Å². The second-order valence-corrected chi connectivity index (χ2v) is 20.0. The molecule has 0 amide bonds. The molecule has 0 radical (unpaired) electrons. The third-order valence-electron chi connectivity index (χ3n) is 8.60. The van der Waals surface area contributed by atoms with E-state index in [1.54, 1.807) is 42.5 Å². The smallest absolute Gasteiger partial charge is 0.308 e. The maximum absolute atomic E-state index is 16.2. The summed E-state index contributed by atoms with van der Waals surface area (Å²) >= 11 is 0. The second-order valence-electron chi connectivity index (χ2n) is 13.2. The Morgan fingerprint density at radius 1 is 1.00 bits per heavy atom. The second kappa shape index (κ2) is 13.5. The van der Waals surface area contributed by atoms with Crippen LogP contribution in [0.2, 0.25) is 18.1 Å². The van der Waals surface area contributed by atoms with Crippen LogP contribution in [0, 0.1) is 5.82 Å². The standard InChI is InChI=1S/C32H42FN9O5SSi/c1-32(2,3)49(9,10)47-20-22-18-42(48(43,44)39(4)5)29(36-22)19-41(26-13-23(45-7)14-27(46-8)30(26)33)28-12-11-24-31(38-28)37-25(16-34-24)21-15-35-40(6)17-21/h11-18H,19-20H2,1-10H3. The molecule has 0 N–H and O–H groups in total. The van der Waals surface area contributed by atoms with Gasteiger partial charge in [-0.3, -0.25) is 9.67 Å². The molecule has 0 bridgehead atoms. The average molecular weight is 712 g/mol. The number of hydrogen-bond donors (Lipinski definition) is 0. The molecule has 0 aliphatic heterocycles. The third kappa shape index (κ3) is 7.29. The van der Waals surface area contributed by atoms with Crippen molar-refractivity contribution in [2.24, 2.45) is 7.05 Å². The van der Waals surface area contributed by atoms with Crippen molar-refractivity contribution in [2.75, 3.05) is 33.2 Å². The van der Waals surface area contributed by atoms with Crippen molar-refractivity contribution in [2.45, 2.75) is 52.1 Å². The maximum Gasteiger partial charge on any atom is 0.308 e. The Labute approximate surface area is 286 Å². The molecule has 262 valence electrons. The van der Waals surface area contributed by atoms with Gasteiger partial charge in [-0.1, -0.05) is 20.8 Å². The molecule has 4 aromatic heterocycles. The van der Waals surface area contributed by atoms with Gasteiger partial charge >= 0.3 is 10.2 Å².